The number of alkyl halides is 3. The summed E-state index contributed by atoms with van der Waals surface area (Å²) in [6, 6.07) is 12.9. The van der Waals surface area contributed by atoms with Crippen molar-refractivity contribution in [2.75, 3.05) is 4.90 Å². The number of rotatable bonds is 5. The molecule has 0 aliphatic carbocycles. The lowest BCUT2D eigenvalue weighted by atomic mass is 10.1. The lowest BCUT2D eigenvalue weighted by molar-refractivity contribution is -0.141. The quantitative estimate of drug-likeness (QED) is 0.180. The van der Waals surface area contributed by atoms with Crippen LogP contribution in [0.3, 0.4) is 0 Å². The molecule has 1 saturated heterocycles. The van der Waals surface area contributed by atoms with Crippen molar-refractivity contribution in [3.8, 4) is 0 Å². The van der Waals surface area contributed by atoms with Gasteiger partial charge in [-0.2, -0.15) is 18.3 Å². The molecule has 2 heterocycles. The van der Waals surface area contributed by atoms with E-state index in [1.54, 1.807) is 24.3 Å². The van der Waals surface area contributed by atoms with Gasteiger partial charge in [0.05, 0.1) is 5.69 Å². The number of aryl methyl sites for hydroxylation is 1. The highest BCUT2D eigenvalue weighted by molar-refractivity contribution is 7.98. The highest BCUT2D eigenvalue weighted by Crippen LogP contribution is 2.39. The van der Waals surface area contributed by atoms with Gasteiger partial charge in [-0.25, -0.2) is 0 Å². The van der Waals surface area contributed by atoms with Crippen LogP contribution in [-0.4, -0.2) is 26.7 Å². The van der Waals surface area contributed by atoms with Crippen molar-refractivity contribution < 1.29 is 22.8 Å². The van der Waals surface area contributed by atoms with Gasteiger partial charge in [-0.3, -0.25) is 24.5 Å². The molecule has 3 aromatic rings. The molecule has 4 rings (SSSR count). The molecule has 36 heavy (non-hydrogen) atoms. The molecule has 1 aromatic heterocycles. The van der Waals surface area contributed by atoms with E-state index in [0.717, 1.165) is 27.4 Å². The summed E-state index contributed by atoms with van der Waals surface area (Å²) in [4.78, 5) is 27.0. The maximum Gasteiger partial charge on any atom is 0.435 e. The number of nitrogens with one attached hydrogen (secondary N) is 1. The van der Waals surface area contributed by atoms with E-state index in [9.17, 15) is 22.8 Å². The Morgan fingerprint density at radius 2 is 1.78 bits per heavy atom. The third-order valence-electron chi connectivity index (χ3n) is 5.10. The van der Waals surface area contributed by atoms with Gasteiger partial charge in [0.15, 0.2) is 10.8 Å². The SMILES string of the molecule is Cn1nc(C(F)(F)F)c(/C=C2\C(=O)NC(=S)N(c3ccc(Cl)cc3)C2=O)c1SCc1ccccc1Cl. The third-order valence-corrected chi connectivity index (χ3v) is 7.21. The van der Waals surface area contributed by atoms with Crippen molar-refractivity contribution in [3.63, 3.8) is 0 Å². The van der Waals surface area contributed by atoms with Crippen LogP contribution in [0.15, 0.2) is 59.1 Å². The van der Waals surface area contributed by atoms with E-state index in [4.69, 9.17) is 35.4 Å². The number of hydrogen-bond acceptors (Lipinski definition) is 5. The zero-order chi connectivity index (χ0) is 26.2. The van der Waals surface area contributed by atoms with Crippen molar-refractivity contribution in [2.45, 2.75) is 17.0 Å². The van der Waals surface area contributed by atoms with E-state index in [2.05, 4.69) is 10.4 Å². The number of hydrogen-bond donors (Lipinski definition) is 1. The molecule has 0 atom stereocenters. The maximum atomic E-state index is 13.9. The van der Waals surface area contributed by atoms with Crippen LogP contribution < -0.4 is 10.2 Å². The van der Waals surface area contributed by atoms with Gasteiger partial charge >= 0.3 is 6.18 Å². The molecule has 2 aromatic carbocycles. The molecule has 0 unspecified atom stereocenters. The Kier molecular flexibility index (Phi) is 7.46. The van der Waals surface area contributed by atoms with E-state index in [-0.39, 0.29) is 21.6 Å². The zero-order valence-corrected chi connectivity index (χ0v) is 21.4. The van der Waals surface area contributed by atoms with E-state index in [0.29, 0.717) is 15.6 Å². The van der Waals surface area contributed by atoms with Crippen molar-refractivity contribution in [3.05, 3.63) is 81.0 Å². The maximum absolute atomic E-state index is 13.9. The van der Waals surface area contributed by atoms with Gasteiger partial charge in [-0.15, -0.1) is 11.8 Å². The first-order valence-corrected chi connectivity index (χ1v) is 12.3. The highest BCUT2D eigenvalue weighted by atomic mass is 35.5. The number of aromatic nitrogens is 2. The van der Waals surface area contributed by atoms with E-state index < -0.39 is 34.8 Å². The van der Waals surface area contributed by atoms with Gasteiger partial charge in [0.2, 0.25) is 0 Å². The van der Waals surface area contributed by atoms with Crippen LogP contribution in [0.4, 0.5) is 18.9 Å². The van der Waals surface area contributed by atoms with Crippen LogP contribution in [0.5, 0.6) is 0 Å². The Balaban J connectivity index is 1.79. The van der Waals surface area contributed by atoms with Crippen LogP contribution >= 0.6 is 47.2 Å². The van der Waals surface area contributed by atoms with Crippen molar-refractivity contribution in [1.29, 1.82) is 0 Å². The van der Waals surface area contributed by atoms with Gasteiger partial charge in [0.25, 0.3) is 11.8 Å². The average Bonchev–Trinajstić information content (AvgIpc) is 3.12. The molecule has 6 nitrogen and oxygen atoms in total. The fraction of sp³-hybridized carbons (Fsp3) is 0.130. The summed E-state index contributed by atoms with van der Waals surface area (Å²) in [7, 11) is 1.35. The molecule has 1 aliphatic heterocycles. The zero-order valence-electron chi connectivity index (χ0n) is 18.3. The molecule has 0 saturated carbocycles. The number of amides is 2. The predicted molar refractivity (Wildman–Crippen MR) is 137 cm³/mol. The first-order chi connectivity index (χ1) is 17.0. The minimum absolute atomic E-state index is 0.0986. The van der Waals surface area contributed by atoms with Gasteiger partial charge in [-0.05, 0) is 54.2 Å². The summed E-state index contributed by atoms with van der Waals surface area (Å²) in [6.07, 6.45) is -3.94. The minimum atomic E-state index is -4.84. The number of carbonyl (C=O) groups is 2. The predicted octanol–water partition coefficient (Wildman–Crippen LogP) is 5.87. The summed E-state index contributed by atoms with van der Waals surface area (Å²) in [6.45, 7) is 0. The van der Waals surface area contributed by atoms with Gasteiger partial charge in [-0.1, -0.05) is 41.4 Å². The fourth-order valence-corrected chi connectivity index (χ4v) is 5.20. The standard InChI is InChI=1S/C23H15Cl2F3N4O2S2/c1-31-21(36-11-12-4-2-3-5-17(12)25)15(18(30-31)23(26,27)28)10-16-19(33)29-22(35)32(20(16)34)14-8-6-13(24)7-9-14/h2-10H,11H2,1H3,(H,29,33,35)/b16-10+. The fourth-order valence-electron chi connectivity index (χ4n) is 3.42. The van der Waals surface area contributed by atoms with Crippen LogP contribution in [0.1, 0.15) is 16.8 Å². The average molecular weight is 571 g/mol. The van der Waals surface area contributed by atoms with Gasteiger partial charge in [0.1, 0.15) is 10.6 Å². The molecule has 1 fully saturated rings. The van der Waals surface area contributed by atoms with E-state index in [1.165, 1.54) is 31.3 Å². The topological polar surface area (TPSA) is 67.2 Å². The summed E-state index contributed by atoms with van der Waals surface area (Å²) in [5.41, 5.74) is -1.19. The highest BCUT2D eigenvalue weighted by Gasteiger charge is 2.40. The van der Waals surface area contributed by atoms with Crippen LogP contribution in [0.2, 0.25) is 10.0 Å². The van der Waals surface area contributed by atoms with Crippen LogP contribution in [0, 0.1) is 0 Å². The molecule has 0 radical (unpaired) electrons. The monoisotopic (exact) mass is 570 g/mol. The van der Waals surface area contributed by atoms with Crippen molar-refractivity contribution in [2.24, 2.45) is 7.05 Å². The van der Waals surface area contributed by atoms with E-state index >= 15 is 0 Å². The Bertz CT molecular complexity index is 1410. The normalized spacial score (nSPS) is 15.6. The number of thioether (sulfide) groups is 1. The van der Waals surface area contributed by atoms with E-state index in [1.807, 2.05) is 0 Å². The summed E-state index contributed by atoms with van der Waals surface area (Å²) in [5.74, 6) is -1.58. The van der Waals surface area contributed by atoms with Crippen molar-refractivity contribution >= 4 is 75.9 Å². The summed E-state index contributed by atoms with van der Waals surface area (Å²) in [5, 5.41) is 6.73. The lowest BCUT2D eigenvalue weighted by Crippen LogP contribution is -2.54. The summed E-state index contributed by atoms with van der Waals surface area (Å²) < 4.78 is 42.7. The van der Waals surface area contributed by atoms with Crippen LogP contribution in [0.25, 0.3) is 6.08 Å². The van der Waals surface area contributed by atoms with Gasteiger partial charge < -0.3 is 0 Å². The molecular formula is C23H15Cl2F3N4O2S2. The molecule has 1 N–H and O–H groups in total. The molecule has 2 amide bonds. The molecule has 186 valence electrons. The third kappa shape index (κ3) is 5.29. The Hall–Kier alpha value is -2.86. The first kappa shape index (κ1) is 26.2. The second kappa shape index (κ2) is 10.3. The molecule has 0 spiro atoms. The number of carbonyl (C=O) groups excluding carboxylic acids is 2. The Morgan fingerprint density at radius 1 is 1.11 bits per heavy atom. The molecule has 0 bridgehead atoms. The number of benzene rings is 2. The Labute approximate surface area is 223 Å². The Morgan fingerprint density at radius 3 is 2.42 bits per heavy atom. The number of halogens is 5. The lowest BCUT2D eigenvalue weighted by Gasteiger charge is -2.29. The molecule has 1 aliphatic rings. The molecule has 13 heteroatoms. The number of thiocarbonyl (C=S) groups is 1. The summed E-state index contributed by atoms with van der Waals surface area (Å²) >= 11 is 18.3. The minimum Gasteiger partial charge on any atom is -0.298 e. The second-order valence-electron chi connectivity index (χ2n) is 7.50. The number of nitrogens with zero attached hydrogens (tertiary/aromatic N) is 3. The van der Waals surface area contributed by atoms with Gasteiger partial charge in [0, 0.05) is 28.4 Å². The second-order valence-corrected chi connectivity index (χ2v) is 9.70. The first-order valence-electron chi connectivity index (χ1n) is 10.1. The largest absolute Gasteiger partial charge is 0.435 e. The smallest absolute Gasteiger partial charge is 0.298 e. The molecular weight excluding hydrogens is 556 g/mol. The van der Waals surface area contributed by atoms with Crippen molar-refractivity contribution in [1.82, 2.24) is 15.1 Å². The van der Waals surface area contributed by atoms with Crippen LogP contribution in [-0.2, 0) is 28.6 Å². The number of anilines is 1.